The maximum atomic E-state index is 13.3. The molecule has 1 saturated heterocycles. The molecule has 1 fully saturated rings. The Balaban J connectivity index is 2.30. The van der Waals surface area contributed by atoms with Gasteiger partial charge >= 0.3 is 0 Å². The Morgan fingerprint density at radius 2 is 2.27 bits per heavy atom. The van der Waals surface area contributed by atoms with Gasteiger partial charge in [0.1, 0.15) is 5.82 Å². The highest BCUT2D eigenvalue weighted by Crippen LogP contribution is 2.29. The molecule has 1 nitrogen and oxygen atoms in total. The van der Waals surface area contributed by atoms with Crippen molar-refractivity contribution in [2.75, 3.05) is 13.1 Å². The van der Waals surface area contributed by atoms with Gasteiger partial charge in [0, 0.05) is 6.54 Å². The summed E-state index contributed by atoms with van der Waals surface area (Å²) in [6.45, 7) is 4.11. The van der Waals surface area contributed by atoms with E-state index in [-0.39, 0.29) is 5.82 Å². The van der Waals surface area contributed by atoms with Gasteiger partial charge in [0.15, 0.2) is 0 Å². The molecule has 0 amide bonds. The van der Waals surface area contributed by atoms with E-state index < -0.39 is 0 Å². The second kappa shape index (κ2) is 4.62. The summed E-state index contributed by atoms with van der Waals surface area (Å²) in [5.41, 5.74) is 2.33. The summed E-state index contributed by atoms with van der Waals surface area (Å²) in [5, 5.41) is 3.39. The molecule has 1 aliphatic rings. The number of nitrogens with one attached hydrogen (secondary N) is 1. The molecule has 0 aromatic heterocycles. The first-order valence-corrected chi connectivity index (χ1v) is 6.14. The fourth-order valence-corrected chi connectivity index (χ4v) is 2.58. The summed E-state index contributed by atoms with van der Waals surface area (Å²) in [6.07, 6.45) is 2.41. The molecule has 0 saturated carbocycles. The molecule has 1 atom stereocenters. The summed E-state index contributed by atoms with van der Waals surface area (Å²) in [4.78, 5) is 0. The van der Waals surface area contributed by atoms with Gasteiger partial charge in [-0.1, -0.05) is 0 Å². The van der Waals surface area contributed by atoms with Crippen LogP contribution in [-0.4, -0.2) is 13.1 Å². The predicted octanol–water partition coefficient (Wildman–Crippen LogP) is 3.36. The van der Waals surface area contributed by atoms with Gasteiger partial charge in [0.05, 0.1) is 4.47 Å². The van der Waals surface area contributed by atoms with E-state index in [2.05, 4.69) is 21.2 Å². The maximum absolute atomic E-state index is 13.3. The van der Waals surface area contributed by atoms with E-state index >= 15 is 0 Å². The second-order valence-electron chi connectivity index (χ2n) is 4.17. The first-order chi connectivity index (χ1) is 7.18. The third-order valence-electron chi connectivity index (χ3n) is 3.05. The standard InChI is InChI=1S/C12H15BrFN/c1-8-5-12(14)11(13)6-10(8)9-3-2-4-15-7-9/h5-6,9,15H,2-4,7H2,1H3. The highest BCUT2D eigenvalue weighted by molar-refractivity contribution is 9.10. The fraction of sp³-hybridized carbons (Fsp3) is 0.500. The topological polar surface area (TPSA) is 12.0 Å². The van der Waals surface area contributed by atoms with Crippen molar-refractivity contribution in [3.8, 4) is 0 Å². The Hall–Kier alpha value is -0.410. The molecule has 1 aliphatic heterocycles. The number of hydrogen-bond acceptors (Lipinski definition) is 1. The van der Waals surface area contributed by atoms with E-state index in [4.69, 9.17) is 0 Å². The van der Waals surface area contributed by atoms with Crippen LogP contribution in [0.4, 0.5) is 4.39 Å². The normalized spacial score (nSPS) is 21.7. The van der Waals surface area contributed by atoms with E-state index in [1.165, 1.54) is 18.4 Å². The smallest absolute Gasteiger partial charge is 0.137 e. The lowest BCUT2D eigenvalue weighted by atomic mass is 9.89. The molecule has 3 heteroatoms. The van der Waals surface area contributed by atoms with Crippen molar-refractivity contribution < 1.29 is 4.39 Å². The van der Waals surface area contributed by atoms with Gasteiger partial charge in [0.25, 0.3) is 0 Å². The Bertz CT molecular complexity index is 359. The van der Waals surface area contributed by atoms with Gasteiger partial charge in [-0.3, -0.25) is 0 Å². The molecular formula is C12H15BrFN. The van der Waals surface area contributed by atoms with Crippen LogP contribution in [0.1, 0.15) is 29.9 Å². The zero-order chi connectivity index (χ0) is 10.8. The molecule has 15 heavy (non-hydrogen) atoms. The van der Waals surface area contributed by atoms with Gasteiger partial charge in [-0.2, -0.15) is 0 Å². The number of halogens is 2. The van der Waals surface area contributed by atoms with E-state index in [1.807, 2.05) is 13.0 Å². The van der Waals surface area contributed by atoms with E-state index in [1.54, 1.807) is 6.07 Å². The summed E-state index contributed by atoms with van der Waals surface area (Å²) in [7, 11) is 0. The summed E-state index contributed by atoms with van der Waals surface area (Å²) in [6, 6.07) is 3.55. The zero-order valence-electron chi connectivity index (χ0n) is 8.82. The van der Waals surface area contributed by atoms with Crippen LogP contribution in [0.2, 0.25) is 0 Å². The van der Waals surface area contributed by atoms with E-state index in [0.717, 1.165) is 18.7 Å². The third-order valence-corrected chi connectivity index (χ3v) is 3.65. The van der Waals surface area contributed by atoms with Crippen LogP contribution < -0.4 is 5.32 Å². The molecular weight excluding hydrogens is 257 g/mol. The van der Waals surface area contributed by atoms with Crippen molar-refractivity contribution in [1.82, 2.24) is 5.32 Å². The largest absolute Gasteiger partial charge is 0.316 e. The van der Waals surface area contributed by atoms with Crippen molar-refractivity contribution in [2.24, 2.45) is 0 Å². The van der Waals surface area contributed by atoms with E-state index in [9.17, 15) is 4.39 Å². The van der Waals surface area contributed by atoms with Crippen LogP contribution >= 0.6 is 15.9 Å². The van der Waals surface area contributed by atoms with Crippen molar-refractivity contribution in [2.45, 2.75) is 25.7 Å². The molecule has 0 radical (unpaired) electrons. The lowest BCUT2D eigenvalue weighted by Gasteiger charge is -2.24. The first-order valence-electron chi connectivity index (χ1n) is 5.34. The van der Waals surface area contributed by atoms with Gasteiger partial charge in [-0.05, 0) is 71.4 Å². The third kappa shape index (κ3) is 2.40. The molecule has 0 aliphatic carbocycles. The quantitative estimate of drug-likeness (QED) is 0.826. The Labute approximate surface area is 98.2 Å². The van der Waals surface area contributed by atoms with E-state index in [0.29, 0.717) is 10.4 Å². The van der Waals surface area contributed by atoms with Crippen LogP contribution in [0.5, 0.6) is 0 Å². The van der Waals surface area contributed by atoms with Crippen LogP contribution in [0.3, 0.4) is 0 Å². The molecule has 1 unspecified atom stereocenters. The number of piperidine rings is 1. The SMILES string of the molecule is Cc1cc(F)c(Br)cc1C1CCCNC1. The molecule has 1 aromatic rings. The van der Waals surface area contributed by atoms with Gasteiger partial charge in [-0.25, -0.2) is 4.39 Å². The number of hydrogen-bond donors (Lipinski definition) is 1. The lowest BCUT2D eigenvalue weighted by Crippen LogP contribution is -2.28. The molecule has 1 N–H and O–H groups in total. The summed E-state index contributed by atoms with van der Waals surface area (Å²) >= 11 is 3.25. The average Bonchev–Trinajstić information content (AvgIpc) is 2.25. The molecule has 1 heterocycles. The van der Waals surface area contributed by atoms with Crippen molar-refractivity contribution >= 4 is 15.9 Å². The van der Waals surface area contributed by atoms with Gasteiger partial charge < -0.3 is 5.32 Å². The molecule has 82 valence electrons. The average molecular weight is 272 g/mol. The minimum atomic E-state index is -0.167. The highest BCUT2D eigenvalue weighted by Gasteiger charge is 2.18. The van der Waals surface area contributed by atoms with Gasteiger partial charge in [-0.15, -0.1) is 0 Å². The van der Waals surface area contributed by atoms with Gasteiger partial charge in [0.2, 0.25) is 0 Å². The van der Waals surface area contributed by atoms with Crippen LogP contribution in [-0.2, 0) is 0 Å². The van der Waals surface area contributed by atoms with Crippen molar-refractivity contribution in [3.05, 3.63) is 33.5 Å². The molecule has 0 spiro atoms. The highest BCUT2D eigenvalue weighted by atomic mass is 79.9. The fourth-order valence-electron chi connectivity index (χ4n) is 2.22. The monoisotopic (exact) mass is 271 g/mol. The lowest BCUT2D eigenvalue weighted by molar-refractivity contribution is 0.459. The Kier molecular flexibility index (Phi) is 3.42. The zero-order valence-corrected chi connectivity index (χ0v) is 10.4. The molecule has 2 rings (SSSR count). The molecule has 1 aromatic carbocycles. The van der Waals surface area contributed by atoms with Crippen molar-refractivity contribution in [3.63, 3.8) is 0 Å². The minimum Gasteiger partial charge on any atom is -0.316 e. The number of rotatable bonds is 1. The second-order valence-corrected chi connectivity index (χ2v) is 5.02. The summed E-state index contributed by atoms with van der Waals surface area (Å²) < 4.78 is 13.8. The minimum absolute atomic E-state index is 0.167. The molecule has 0 bridgehead atoms. The number of benzene rings is 1. The maximum Gasteiger partial charge on any atom is 0.137 e. The Morgan fingerprint density at radius 3 is 2.93 bits per heavy atom. The van der Waals surface area contributed by atoms with Crippen LogP contribution in [0.25, 0.3) is 0 Å². The Morgan fingerprint density at radius 1 is 1.47 bits per heavy atom. The predicted molar refractivity (Wildman–Crippen MR) is 63.7 cm³/mol. The van der Waals surface area contributed by atoms with Crippen molar-refractivity contribution in [1.29, 1.82) is 0 Å². The van der Waals surface area contributed by atoms with Crippen LogP contribution in [0.15, 0.2) is 16.6 Å². The number of aryl methyl sites for hydroxylation is 1. The van der Waals surface area contributed by atoms with Crippen LogP contribution in [0, 0.1) is 12.7 Å². The first kappa shape index (κ1) is 11.1. The summed E-state index contributed by atoms with van der Waals surface area (Å²) in [5.74, 6) is 0.371.